The normalized spacial score (nSPS) is 11.0. The number of thiophene rings is 1. The van der Waals surface area contributed by atoms with E-state index < -0.39 is 5.91 Å². The van der Waals surface area contributed by atoms with E-state index in [1.807, 2.05) is 24.3 Å². The first-order valence-electron chi connectivity index (χ1n) is 7.64. The summed E-state index contributed by atoms with van der Waals surface area (Å²) in [6.45, 7) is -0.170. The smallest absolute Gasteiger partial charge is 0.269 e. The van der Waals surface area contributed by atoms with Crippen LogP contribution in [0.2, 0.25) is 5.02 Å². The average molecular weight is 386 g/mol. The molecule has 8 heteroatoms. The summed E-state index contributed by atoms with van der Waals surface area (Å²) < 4.78 is 11.7. The summed E-state index contributed by atoms with van der Waals surface area (Å²) in [5.74, 6) is 0.816. The first-order chi connectivity index (χ1) is 12.6. The van der Waals surface area contributed by atoms with Crippen molar-refractivity contribution in [1.29, 1.82) is 0 Å². The van der Waals surface area contributed by atoms with E-state index >= 15 is 0 Å². The van der Waals surface area contributed by atoms with Crippen molar-refractivity contribution in [2.75, 3.05) is 6.61 Å². The molecule has 0 aliphatic heterocycles. The van der Waals surface area contributed by atoms with E-state index in [1.54, 1.807) is 24.3 Å². The summed E-state index contributed by atoms with van der Waals surface area (Å²) in [6.07, 6.45) is 0. The van der Waals surface area contributed by atoms with Crippen molar-refractivity contribution in [3.8, 4) is 27.9 Å². The second kappa shape index (κ2) is 6.78. The number of benzene rings is 2. The predicted molar refractivity (Wildman–Crippen MR) is 100 cm³/mol. The first-order valence-corrected chi connectivity index (χ1v) is 8.84. The molecule has 2 N–H and O–H groups in total. The highest BCUT2D eigenvalue weighted by atomic mass is 35.5. The minimum atomic E-state index is -0.530. The van der Waals surface area contributed by atoms with Gasteiger partial charge in [-0.05, 0) is 30.3 Å². The highest BCUT2D eigenvalue weighted by molar-refractivity contribution is 7.23. The van der Waals surface area contributed by atoms with Crippen LogP contribution in [-0.2, 0) is 4.79 Å². The number of nitrogens with zero attached hydrogens (tertiary/aromatic N) is 2. The molecule has 6 nitrogen and oxygen atoms in total. The maximum Gasteiger partial charge on any atom is 0.269 e. The molecule has 0 aliphatic rings. The van der Waals surface area contributed by atoms with Crippen LogP contribution >= 0.6 is 22.9 Å². The monoisotopic (exact) mass is 385 g/mol. The second-order valence-electron chi connectivity index (χ2n) is 5.44. The first kappa shape index (κ1) is 16.6. The van der Waals surface area contributed by atoms with Crippen molar-refractivity contribution >= 4 is 38.9 Å². The van der Waals surface area contributed by atoms with Crippen molar-refractivity contribution in [3.63, 3.8) is 0 Å². The molecule has 4 aromatic rings. The molecule has 2 heterocycles. The molecule has 0 saturated heterocycles. The number of ether oxygens (including phenoxy) is 1. The molecule has 0 radical (unpaired) electrons. The number of hydrogen-bond donors (Lipinski definition) is 1. The maximum absolute atomic E-state index is 10.7. The second-order valence-corrected chi connectivity index (χ2v) is 6.87. The van der Waals surface area contributed by atoms with Gasteiger partial charge in [-0.15, -0.1) is 11.3 Å². The summed E-state index contributed by atoms with van der Waals surface area (Å²) in [5, 5.41) is 5.60. The van der Waals surface area contributed by atoms with Crippen molar-refractivity contribution in [1.82, 2.24) is 10.1 Å². The number of nitrogens with two attached hydrogens (primary N) is 1. The number of rotatable bonds is 5. The fourth-order valence-electron chi connectivity index (χ4n) is 2.44. The van der Waals surface area contributed by atoms with E-state index in [-0.39, 0.29) is 6.61 Å². The summed E-state index contributed by atoms with van der Waals surface area (Å²) >= 11 is 7.96. The Morgan fingerprint density at radius 2 is 1.96 bits per heavy atom. The topological polar surface area (TPSA) is 91.2 Å². The SMILES string of the molecule is NC(=O)COc1ccc(-c2noc(-c3sc4ccccc4c3Cl)n2)cc1. The Morgan fingerprint density at radius 3 is 2.69 bits per heavy atom. The van der Waals surface area contributed by atoms with Crippen LogP contribution in [0.15, 0.2) is 53.1 Å². The zero-order valence-electron chi connectivity index (χ0n) is 13.3. The Hall–Kier alpha value is -2.90. The lowest BCUT2D eigenvalue weighted by atomic mass is 10.2. The average Bonchev–Trinajstić information content (AvgIpc) is 3.26. The van der Waals surface area contributed by atoms with Crippen LogP contribution in [0.1, 0.15) is 0 Å². The van der Waals surface area contributed by atoms with Crippen molar-refractivity contribution < 1.29 is 14.1 Å². The molecular formula is C18H12ClN3O3S. The Labute approximate surface area is 157 Å². The molecule has 26 heavy (non-hydrogen) atoms. The molecule has 0 bridgehead atoms. The van der Waals surface area contributed by atoms with Gasteiger partial charge in [0.05, 0.1) is 5.02 Å². The van der Waals surface area contributed by atoms with Crippen molar-refractivity contribution in [2.45, 2.75) is 0 Å². The number of halogens is 1. The van der Waals surface area contributed by atoms with Crippen molar-refractivity contribution in [3.05, 3.63) is 53.6 Å². The van der Waals surface area contributed by atoms with E-state index in [4.69, 9.17) is 26.6 Å². The van der Waals surface area contributed by atoms with Gasteiger partial charge < -0.3 is 15.0 Å². The lowest BCUT2D eigenvalue weighted by Gasteiger charge is -2.03. The molecular weight excluding hydrogens is 374 g/mol. The van der Waals surface area contributed by atoms with Gasteiger partial charge in [0.1, 0.15) is 10.6 Å². The largest absolute Gasteiger partial charge is 0.484 e. The lowest BCUT2D eigenvalue weighted by Crippen LogP contribution is -2.19. The van der Waals surface area contributed by atoms with Crippen LogP contribution in [0, 0.1) is 0 Å². The Kier molecular flexibility index (Phi) is 4.32. The predicted octanol–water partition coefficient (Wildman–Crippen LogP) is 4.14. The molecule has 2 aromatic heterocycles. The highest BCUT2D eigenvalue weighted by Gasteiger charge is 2.18. The molecule has 1 amide bonds. The third-order valence-corrected chi connectivity index (χ3v) is 5.31. The van der Waals surface area contributed by atoms with Gasteiger partial charge >= 0.3 is 0 Å². The van der Waals surface area contributed by atoms with Crippen LogP contribution < -0.4 is 10.5 Å². The Bertz CT molecular complexity index is 1090. The molecule has 0 saturated carbocycles. The Balaban J connectivity index is 1.61. The van der Waals surface area contributed by atoms with E-state index in [2.05, 4.69) is 10.1 Å². The molecule has 0 atom stereocenters. The van der Waals surface area contributed by atoms with Gasteiger partial charge in [0.25, 0.3) is 11.8 Å². The molecule has 0 unspecified atom stereocenters. The van der Waals surface area contributed by atoms with Crippen LogP contribution in [0.5, 0.6) is 5.75 Å². The summed E-state index contributed by atoms with van der Waals surface area (Å²) in [4.78, 5) is 15.9. The van der Waals surface area contributed by atoms with Gasteiger partial charge in [-0.1, -0.05) is 35.0 Å². The third kappa shape index (κ3) is 3.14. The zero-order valence-corrected chi connectivity index (χ0v) is 14.9. The van der Waals surface area contributed by atoms with Crippen LogP contribution in [0.3, 0.4) is 0 Å². The number of primary amides is 1. The molecule has 2 aromatic carbocycles. The number of aromatic nitrogens is 2. The van der Waals surface area contributed by atoms with Gasteiger partial charge in [-0.3, -0.25) is 4.79 Å². The minimum Gasteiger partial charge on any atom is -0.484 e. The van der Waals surface area contributed by atoms with E-state index in [0.29, 0.717) is 22.5 Å². The number of hydrogen-bond acceptors (Lipinski definition) is 6. The number of amides is 1. The third-order valence-electron chi connectivity index (χ3n) is 3.65. The summed E-state index contributed by atoms with van der Waals surface area (Å²) in [5.41, 5.74) is 5.81. The fraction of sp³-hybridized carbons (Fsp3) is 0.0556. The molecule has 0 spiro atoms. The highest BCUT2D eigenvalue weighted by Crippen LogP contribution is 2.41. The van der Waals surface area contributed by atoms with E-state index in [1.165, 1.54) is 11.3 Å². The fourth-order valence-corrected chi connectivity index (χ4v) is 3.87. The summed E-state index contributed by atoms with van der Waals surface area (Å²) in [7, 11) is 0. The molecule has 130 valence electrons. The lowest BCUT2D eigenvalue weighted by molar-refractivity contribution is -0.119. The standard InChI is InChI=1S/C18H12ClN3O3S/c19-15-12-3-1-2-4-13(12)26-16(15)18-21-17(22-25-18)10-5-7-11(8-6-10)24-9-14(20)23/h1-8H,9H2,(H2,20,23). The quantitative estimate of drug-likeness (QED) is 0.557. The molecule has 0 fully saturated rings. The van der Waals surface area contributed by atoms with Crippen LogP contribution in [0.4, 0.5) is 0 Å². The van der Waals surface area contributed by atoms with Gasteiger partial charge in [0.15, 0.2) is 6.61 Å². The number of fused-ring (bicyclic) bond motifs is 1. The molecule has 0 aliphatic carbocycles. The van der Waals surface area contributed by atoms with E-state index in [0.717, 1.165) is 20.5 Å². The zero-order chi connectivity index (χ0) is 18.1. The van der Waals surface area contributed by atoms with Gasteiger partial charge in [-0.2, -0.15) is 4.98 Å². The van der Waals surface area contributed by atoms with Gasteiger partial charge in [0.2, 0.25) is 5.82 Å². The van der Waals surface area contributed by atoms with Crippen molar-refractivity contribution in [2.24, 2.45) is 5.73 Å². The van der Waals surface area contributed by atoms with Crippen LogP contribution in [0.25, 0.3) is 32.2 Å². The number of carbonyl (C=O) groups excluding carboxylic acids is 1. The maximum atomic E-state index is 10.7. The van der Waals surface area contributed by atoms with Crippen LogP contribution in [-0.4, -0.2) is 22.7 Å². The van der Waals surface area contributed by atoms with Gasteiger partial charge in [-0.25, -0.2) is 0 Å². The minimum absolute atomic E-state index is 0.170. The molecule has 4 rings (SSSR count). The Morgan fingerprint density at radius 1 is 1.19 bits per heavy atom. The number of carbonyl (C=O) groups is 1. The summed E-state index contributed by atoms with van der Waals surface area (Å²) in [6, 6.07) is 14.8. The van der Waals surface area contributed by atoms with E-state index in [9.17, 15) is 4.79 Å². The van der Waals surface area contributed by atoms with Gasteiger partial charge in [0, 0.05) is 15.6 Å².